The minimum atomic E-state index is -0.408. The van der Waals surface area contributed by atoms with Gasteiger partial charge in [0.05, 0.1) is 4.92 Å². The van der Waals surface area contributed by atoms with Gasteiger partial charge in [-0.25, -0.2) is 0 Å². The Morgan fingerprint density at radius 2 is 1.94 bits per heavy atom. The van der Waals surface area contributed by atoms with Gasteiger partial charge in [0.15, 0.2) is 0 Å². The summed E-state index contributed by atoms with van der Waals surface area (Å²) in [7, 11) is 1.68. The van der Waals surface area contributed by atoms with Crippen LogP contribution in [0.1, 0.15) is 27.7 Å². The van der Waals surface area contributed by atoms with Crippen LogP contribution in [0.3, 0.4) is 0 Å². The molecule has 0 aromatic carbocycles. The van der Waals surface area contributed by atoms with Gasteiger partial charge in [-0.05, 0) is 17.8 Å². The smallest absolute Gasteiger partial charge is 0.330 e. The molecule has 0 aliphatic rings. The van der Waals surface area contributed by atoms with Crippen LogP contribution in [0.4, 0.5) is 11.5 Å². The van der Waals surface area contributed by atoms with Gasteiger partial charge in [0.1, 0.15) is 6.20 Å². The standard InChI is InChI=1S/C12H22N4O2/c1-8(2)10(9(3)4)6-13-12-11(16(17)18)7-15(5)14-12/h7-10H,6H2,1-5H3,(H,13,14). The maximum atomic E-state index is 10.9. The second kappa shape index (κ2) is 5.84. The number of aromatic nitrogens is 2. The Hall–Kier alpha value is -1.59. The van der Waals surface area contributed by atoms with Crippen molar-refractivity contribution >= 4 is 11.5 Å². The molecule has 0 bridgehead atoms. The Labute approximate surface area is 108 Å². The normalized spacial score (nSPS) is 11.6. The maximum Gasteiger partial charge on any atom is 0.330 e. The number of anilines is 1. The zero-order valence-electron chi connectivity index (χ0n) is 11.7. The molecular weight excluding hydrogens is 232 g/mol. The molecule has 0 saturated heterocycles. The fourth-order valence-corrected chi connectivity index (χ4v) is 2.19. The van der Waals surface area contributed by atoms with E-state index in [4.69, 9.17) is 0 Å². The molecule has 102 valence electrons. The molecule has 1 N–H and O–H groups in total. The van der Waals surface area contributed by atoms with Crippen molar-refractivity contribution in [3.63, 3.8) is 0 Å². The van der Waals surface area contributed by atoms with Gasteiger partial charge in [-0.1, -0.05) is 27.7 Å². The van der Waals surface area contributed by atoms with Crippen LogP contribution in [-0.2, 0) is 7.05 Å². The Kier molecular flexibility index (Phi) is 4.69. The van der Waals surface area contributed by atoms with Crippen LogP contribution in [0.2, 0.25) is 0 Å². The van der Waals surface area contributed by atoms with Gasteiger partial charge < -0.3 is 5.32 Å². The predicted octanol–water partition coefficient (Wildman–Crippen LogP) is 2.67. The van der Waals surface area contributed by atoms with E-state index in [1.165, 1.54) is 10.9 Å². The molecular formula is C12H22N4O2. The van der Waals surface area contributed by atoms with Crippen LogP contribution in [0, 0.1) is 27.9 Å². The second-order valence-corrected chi connectivity index (χ2v) is 5.33. The summed E-state index contributed by atoms with van der Waals surface area (Å²) in [6.45, 7) is 9.36. The molecule has 0 saturated carbocycles. The minimum Gasteiger partial charge on any atom is -0.363 e. The van der Waals surface area contributed by atoms with Gasteiger partial charge in [0, 0.05) is 13.6 Å². The number of nitrogens with zero attached hydrogens (tertiary/aromatic N) is 3. The van der Waals surface area contributed by atoms with E-state index in [9.17, 15) is 10.1 Å². The van der Waals surface area contributed by atoms with Crippen molar-refractivity contribution in [2.24, 2.45) is 24.8 Å². The summed E-state index contributed by atoms with van der Waals surface area (Å²) in [4.78, 5) is 10.5. The zero-order valence-corrected chi connectivity index (χ0v) is 11.7. The lowest BCUT2D eigenvalue weighted by Crippen LogP contribution is -2.24. The maximum absolute atomic E-state index is 10.9. The summed E-state index contributed by atoms with van der Waals surface area (Å²) in [5.74, 6) is 1.88. The van der Waals surface area contributed by atoms with Crippen LogP contribution >= 0.6 is 0 Å². The Bertz CT molecular complexity index is 404. The van der Waals surface area contributed by atoms with Crippen LogP contribution in [0.15, 0.2) is 6.20 Å². The van der Waals surface area contributed by atoms with E-state index in [0.717, 1.165) is 0 Å². The number of hydrogen-bond donors (Lipinski definition) is 1. The second-order valence-electron chi connectivity index (χ2n) is 5.33. The number of nitro groups is 1. The first-order valence-corrected chi connectivity index (χ1v) is 6.24. The molecule has 0 amide bonds. The van der Waals surface area contributed by atoms with E-state index >= 15 is 0 Å². The fourth-order valence-electron chi connectivity index (χ4n) is 2.19. The Morgan fingerprint density at radius 1 is 1.39 bits per heavy atom. The van der Waals surface area contributed by atoms with E-state index in [1.807, 2.05) is 0 Å². The predicted molar refractivity (Wildman–Crippen MR) is 71.5 cm³/mol. The number of hydrogen-bond acceptors (Lipinski definition) is 4. The minimum absolute atomic E-state index is 0.0313. The van der Waals surface area contributed by atoms with Crippen LogP contribution in [0.5, 0.6) is 0 Å². The topological polar surface area (TPSA) is 73.0 Å². The summed E-state index contributed by atoms with van der Waals surface area (Å²) in [6, 6.07) is 0. The molecule has 6 nitrogen and oxygen atoms in total. The third kappa shape index (κ3) is 3.45. The summed E-state index contributed by atoms with van der Waals surface area (Å²) in [5, 5.41) is 18.1. The molecule has 18 heavy (non-hydrogen) atoms. The molecule has 0 radical (unpaired) electrons. The number of aryl methyl sites for hydroxylation is 1. The van der Waals surface area contributed by atoms with E-state index in [1.54, 1.807) is 7.05 Å². The van der Waals surface area contributed by atoms with Gasteiger partial charge in [-0.3, -0.25) is 14.8 Å². The Balaban J connectivity index is 2.76. The summed E-state index contributed by atoms with van der Waals surface area (Å²) in [5.41, 5.74) is 0.0313. The molecule has 0 aliphatic carbocycles. The lowest BCUT2D eigenvalue weighted by molar-refractivity contribution is -0.384. The summed E-state index contributed by atoms with van der Waals surface area (Å²) < 4.78 is 1.46. The van der Waals surface area contributed by atoms with Gasteiger partial charge >= 0.3 is 5.69 Å². The van der Waals surface area contributed by atoms with E-state index in [0.29, 0.717) is 30.1 Å². The molecule has 0 spiro atoms. The van der Waals surface area contributed by atoms with Crippen molar-refractivity contribution in [1.82, 2.24) is 9.78 Å². The van der Waals surface area contributed by atoms with Crippen molar-refractivity contribution in [1.29, 1.82) is 0 Å². The molecule has 0 aliphatic heterocycles. The molecule has 0 fully saturated rings. The van der Waals surface area contributed by atoms with Crippen molar-refractivity contribution in [2.75, 3.05) is 11.9 Å². The van der Waals surface area contributed by atoms with E-state index in [-0.39, 0.29) is 5.69 Å². The molecule has 1 rings (SSSR count). The summed E-state index contributed by atoms with van der Waals surface area (Å²) >= 11 is 0. The molecule has 6 heteroatoms. The first kappa shape index (κ1) is 14.5. The SMILES string of the molecule is CC(C)C(CNc1nn(C)cc1[N+](=O)[O-])C(C)C. The largest absolute Gasteiger partial charge is 0.363 e. The molecule has 0 unspecified atom stereocenters. The first-order valence-electron chi connectivity index (χ1n) is 6.24. The average molecular weight is 254 g/mol. The molecule has 1 aromatic rings. The monoisotopic (exact) mass is 254 g/mol. The van der Waals surface area contributed by atoms with Crippen LogP contribution < -0.4 is 5.32 Å². The number of nitrogens with one attached hydrogen (secondary N) is 1. The van der Waals surface area contributed by atoms with Crippen LogP contribution in [0.25, 0.3) is 0 Å². The van der Waals surface area contributed by atoms with Crippen molar-refractivity contribution in [2.45, 2.75) is 27.7 Å². The van der Waals surface area contributed by atoms with Gasteiger partial charge in [-0.15, -0.1) is 5.10 Å². The highest BCUT2D eigenvalue weighted by Gasteiger charge is 2.22. The third-order valence-electron chi connectivity index (χ3n) is 3.22. The molecule has 1 heterocycles. The fraction of sp³-hybridized carbons (Fsp3) is 0.750. The third-order valence-corrected chi connectivity index (χ3v) is 3.22. The number of rotatable bonds is 6. The summed E-state index contributed by atoms with van der Waals surface area (Å²) in [6.07, 6.45) is 1.42. The van der Waals surface area contributed by atoms with Crippen molar-refractivity contribution in [3.05, 3.63) is 16.3 Å². The van der Waals surface area contributed by atoms with Gasteiger partial charge in [0.25, 0.3) is 0 Å². The highest BCUT2D eigenvalue weighted by atomic mass is 16.6. The molecule has 1 aromatic heterocycles. The lowest BCUT2D eigenvalue weighted by Gasteiger charge is -2.24. The van der Waals surface area contributed by atoms with Crippen LogP contribution in [-0.4, -0.2) is 21.2 Å². The average Bonchev–Trinajstić information content (AvgIpc) is 2.59. The zero-order chi connectivity index (χ0) is 13.9. The van der Waals surface area contributed by atoms with E-state index < -0.39 is 4.92 Å². The van der Waals surface area contributed by atoms with Crippen molar-refractivity contribution in [3.8, 4) is 0 Å². The van der Waals surface area contributed by atoms with E-state index in [2.05, 4.69) is 38.1 Å². The quantitative estimate of drug-likeness (QED) is 0.625. The van der Waals surface area contributed by atoms with Crippen molar-refractivity contribution < 1.29 is 4.92 Å². The Morgan fingerprint density at radius 3 is 2.39 bits per heavy atom. The lowest BCUT2D eigenvalue weighted by atomic mass is 9.85. The van der Waals surface area contributed by atoms with Gasteiger partial charge in [-0.2, -0.15) is 0 Å². The highest BCUT2D eigenvalue weighted by molar-refractivity contribution is 5.54. The first-order chi connectivity index (χ1) is 8.32. The molecule has 0 atom stereocenters. The van der Waals surface area contributed by atoms with Gasteiger partial charge in [0.2, 0.25) is 5.82 Å². The highest BCUT2D eigenvalue weighted by Crippen LogP contribution is 2.25.